The number of nitrogens with one attached hydrogen (secondary N) is 1. The van der Waals surface area contributed by atoms with E-state index in [0.717, 1.165) is 16.0 Å². The Morgan fingerprint density at radius 3 is 3.00 bits per heavy atom. The molecule has 0 aliphatic heterocycles. The van der Waals surface area contributed by atoms with Crippen LogP contribution in [0.3, 0.4) is 0 Å². The number of nitrogens with two attached hydrogens (primary N) is 1. The highest BCUT2D eigenvalue weighted by atomic mass is 79.9. The molecule has 3 N–H and O–H groups in total. The fraction of sp³-hybridized carbons (Fsp3) is 0.333. The van der Waals surface area contributed by atoms with E-state index in [2.05, 4.69) is 21.2 Å². The predicted octanol–water partition coefficient (Wildman–Crippen LogP) is 1.88. The lowest BCUT2D eigenvalue weighted by atomic mass is 10.6. The summed E-state index contributed by atoms with van der Waals surface area (Å²) in [5, 5.41) is 6.38. The van der Waals surface area contributed by atoms with Crippen LogP contribution in [0.2, 0.25) is 0 Å². The molecule has 0 fully saturated rings. The van der Waals surface area contributed by atoms with E-state index in [9.17, 15) is 0 Å². The molecule has 1 aromatic heterocycles. The summed E-state index contributed by atoms with van der Waals surface area (Å²) in [6.07, 6.45) is 0. The van der Waals surface area contributed by atoms with Gasteiger partial charge in [0.15, 0.2) is 0 Å². The van der Waals surface area contributed by atoms with Gasteiger partial charge in [0, 0.05) is 22.9 Å². The lowest BCUT2D eigenvalue weighted by molar-refractivity contribution is 1.03. The van der Waals surface area contributed by atoms with Crippen LogP contribution in [0.4, 0.5) is 5.00 Å². The second kappa shape index (κ2) is 3.95. The van der Waals surface area contributed by atoms with Crippen molar-refractivity contribution in [1.82, 2.24) is 0 Å². The van der Waals surface area contributed by atoms with E-state index in [0.29, 0.717) is 6.54 Å². The molecule has 0 radical (unpaired) electrons. The molecule has 0 aliphatic carbocycles. The van der Waals surface area contributed by atoms with Crippen LogP contribution < -0.4 is 11.1 Å². The first-order valence-corrected chi connectivity index (χ1v) is 4.68. The minimum Gasteiger partial charge on any atom is -0.376 e. The normalized spacial score (nSPS) is 9.80. The fourth-order valence-corrected chi connectivity index (χ4v) is 1.95. The highest BCUT2D eigenvalue weighted by Crippen LogP contribution is 2.23. The average Bonchev–Trinajstić information content (AvgIpc) is 2.31. The molecule has 0 atom stereocenters. The van der Waals surface area contributed by atoms with Gasteiger partial charge < -0.3 is 11.1 Å². The summed E-state index contributed by atoms with van der Waals surface area (Å²) < 4.78 is 1.12. The van der Waals surface area contributed by atoms with Crippen molar-refractivity contribution in [3.63, 3.8) is 0 Å². The van der Waals surface area contributed by atoms with Crippen molar-refractivity contribution < 1.29 is 0 Å². The van der Waals surface area contributed by atoms with Crippen LogP contribution in [0.25, 0.3) is 0 Å². The lowest BCUT2D eigenvalue weighted by Crippen LogP contribution is -2.12. The molecule has 0 saturated heterocycles. The summed E-state index contributed by atoms with van der Waals surface area (Å²) in [6.45, 7) is 1.52. The molecule has 0 unspecified atom stereocenters. The average molecular weight is 221 g/mol. The molecular formula is C6H9BrN2S. The van der Waals surface area contributed by atoms with Crippen LogP contribution in [-0.2, 0) is 0 Å². The Bertz CT molecular complexity index is 199. The second-order valence-electron chi connectivity index (χ2n) is 1.84. The maximum absolute atomic E-state index is 5.31. The molecule has 0 saturated carbocycles. The molecule has 1 rings (SSSR count). The molecular weight excluding hydrogens is 212 g/mol. The van der Waals surface area contributed by atoms with E-state index in [1.54, 1.807) is 11.3 Å². The molecule has 0 amide bonds. The van der Waals surface area contributed by atoms with E-state index in [1.807, 2.05) is 11.4 Å². The third-order valence-corrected chi connectivity index (χ3v) is 2.66. The van der Waals surface area contributed by atoms with E-state index < -0.39 is 0 Å². The third-order valence-electron chi connectivity index (χ3n) is 1.01. The van der Waals surface area contributed by atoms with Gasteiger partial charge in [-0.2, -0.15) is 0 Å². The summed E-state index contributed by atoms with van der Waals surface area (Å²) in [7, 11) is 0. The Morgan fingerprint density at radius 1 is 1.70 bits per heavy atom. The van der Waals surface area contributed by atoms with Crippen molar-refractivity contribution >= 4 is 32.3 Å². The van der Waals surface area contributed by atoms with E-state index in [1.165, 1.54) is 0 Å². The largest absolute Gasteiger partial charge is 0.376 e. The maximum atomic E-state index is 5.31. The Hall–Kier alpha value is -0.0600. The van der Waals surface area contributed by atoms with Crippen molar-refractivity contribution in [2.45, 2.75) is 0 Å². The SMILES string of the molecule is NCCNc1cc(Br)cs1. The molecule has 56 valence electrons. The zero-order valence-electron chi connectivity index (χ0n) is 5.43. The van der Waals surface area contributed by atoms with Gasteiger partial charge in [0.05, 0.1) is 5.00 Å². The first-order valence-electron chi connectivity index (χ1n) is 3.01. The first kappa shape index (κ1) is 8.04. The summed E-state index contributed by atoms with van der Waals surface area (Å²) in [4.78, 5) is 0. The molecule has 2 nitrogen and oxygen atoms in total. The number of hydrogen-bond acceptors (Lipinski definition) is 3. The van der Waals surface area contributed by atoms with Gasteiger partial charge in [-0.3, -0.25) is 0 Å². The smallest absolute Gasteiger partial charge is 0.0894 e. The van der Waals surface area contributed by atoms with Crippen molar-refractivity contribution in [2.75, 3.05) is 18.4 Å². The first-order chi connectivity index (χ1) is 4.83. The van der Waals surface area contributed by atoms with Crippen molar-refractivity contribution in [1.29, 1.82) is 0 Å². The summed E-state index contributed by atoms with van der Waals surface area (Å²) in [5.74, 6) is 0. The Morgan fingerprint density at radius 2 is 2.50 bits per heavy atom. The molecule has 1 heterocycles. The molecule has 0 aliphatic rings. The number of thiophene rings is 1. The quantitative estimate of drug-likeness (QED) is 0.817. The van der Waals surface area contributed by atoms with Crippen molar-refractivity contribution in [3.8, 4) is 0 Å². The third kappa shape index (κ3) is 2.28. The van der Waals surface area contributed by atoms with Crippen LogP contribution >= 0.6 is 27.3 Å². The van der Waals surface area contributed by atoms with E-state index >= 15 is 0 Å². The Labute approximate surface area is 72.6 Å². The minimum atomic E-state index is 0.676. The van der Waals surface area contributed by atoms with Crippen LogP contribution in [0, 0.1) is 0 Å². The van der Waals surface area contributed by atoms with Gasteiger partial charge in [0.25, 0.3) is 0 Å². The van der Waals surface area contributed by atoms with Gasteiger partial charge >= 0.3 is 0 Å². The highest BCUT2D eigenvalue weighted by Gasteiger charge is 1.93. The minimum absolute atomic E-state index is 0.676. The van der Waals surface area contributed by atoms with Gasteiger partial charge in [-0.05, 0) is 22.0 Å². The monoisotopic (exact) mass is 220 g/mol. The van der Waals surface area contributed by atoms with Crippen molar-refractivity contribution in [2.24, 2.45) is 5.73 Å². The fourth-order valence-electron chi connectivity index (χ4n) is 0.601. The van der Waals surface area contributed by atoms with Gasteiger partial charge in [0.2, 0.25) is 0 Å². The zero-order valence-corrected chi connectivity index (χ0v) is 7.83. The van der Waals surface area contributed by atoms with Crippen molar-refractivity contribution in [3.05, 3.63) is 15.9 Å². The summed E-state index contributed by atoms with van der Waals surface area (Å²) >= 11 is 5.04. The molecule has 0 spiro atoms. The number of hydrogen-bond donors (Lipinski definition) is 2. The topological polar surface area (TPSA) is 38.0 Å². The number of rotatable bonds is 3. The van der Waals surface area contributed by atoms with E-state index in [4.69, 9.17) is 5.73 Å². The van der Waals surface area contributed by atoms with Crippen LogP contribution in [0.1, 0.15) is 0 Å². The van der Waals surface area contributed by atoms with Crippen LogP contribution in [0.15, 0.2) is 15.9 Å². The summed E-state index contributed by atoms with van der Waals surface area (Å²) in [6, 6.07) is 2.04. The van der Waals surface area contributed by atoms with Gasteiger partial charge in [-0.1, -0.05) is 0 Å². The van der Waals surface area contributed by atoms with E-state index in [-0.39, 0.29) is 0 Å². The number of anilines is 1. The number of halogens is 1. The van der Waals surface area contributed by atoms with Crippen LogP contribution in [0.5, 0.6) is 0 Å². The molecule has 0 bridgehead atoms. The standard InChI is InChI=1S/C6H9BrN2S/c7-5-3-6(10-4-5)9-2-1-8/h3-4,9H,1-2,8H2. The second-order valence-corrected chi connectivity index (χ2v) is 3.67. The van der Waals surface area contributed by atoms with Crippen LogP contribution in [-0.4, -0.2) is 13.1 Å². The maximum Gasteiger partial charge on any atom is 0.0894 e. The Kier molecular flexibility index (Phi) is 3.18. The molecule has 10 heavy (non-hydrogen) atoms. The molecule has 4 heteroatoms. The zero-order chi connectivity index (χ0) is 7.40. The Balaban J connectivity index is 2.42. The summed E-state index contributed by atoms with van der Waals surface area (Å²) in [5.41, 5.74) is 5.31. The lowest BCUT2D eigenvalue weighted by Gasteiger charge is -1.97. The molecule has 1 aromatic rings. The highest BCUT2D eigenvalue weighted by molar-refractivity contribution is 9.10. The van der Waals surface area contributed by atoms with Gasteiger partial charge in [0.1, 0.15) is 0 Å². The predicted molar refractivity (Wildman–Crippen MR) is 49.6 cm³/mol. The van der Waals surface area contributed by atoms with Gasteiger partial charge in [-0.15, -0.1) is 11.3 Å². The molecule has 0 aromatic carbocycles. The van der Waals surface area contributed by atoms with Gasteiger partial charge in [-0.25, -0.2) is 0 Å².